The van der Waals surface area contributed by atoms with Crippen LogP contribution < -0.4 is 11.1 Å². The molecule has 1 saturated heterocycles. The normalized spacial score (nSPS) is 26.9. The lowest BCUT2D eigenvalue weighted by atomic mass is 9.97. The second-order valence-corrected chi connectivity index (χ2v) is 6.22. The molecule has 5 heteroatoms. The maximum absolute atomic E-state index is 12.3. The van der Waals surface area contributed by atoms with Crippen LogP contribution in [0.3, 0.4) is 0 Å². The first kappa shape index (κ1) is 13.6. The molecule has 0 radical (unpaired) electrons. The third kappa shape index (κ3) is 2.76. The van der Waals surface area contributed by atoms with Crippen LogP contribution in [-0.2, 0) is 0 Å². The Labute approximate surface area is 114 Å². The molecule has 0 spiro atoms. The van der Waals surface area contributed by atoms with Crippen molar-refractivity contribution in [2.24, 2.45) is 11.7 Å². The van der Waals surface area contributed by atoms with Crippen LogP contribution in [-0.4, -0.2) is 34.5 Å². The van der Waals surface area contributed by atoms with Crippen LogP contribution in [0, 0.1) is 5.92 Å². The standard InChI is InChI=1S/C13H23N3OS/c1-10-5-4-8-16(9-10)12(17)15-13(11(14)18)6-2-3-7-13/h10H,2-9H2,1H3,(H2,14,18)(H,15,17). The molecule has 2 amide bonds. The van der Waals surface area contributed by atoms with Crippen molar-refractivity contribution in [3.05, 3.63) is 0 Å². The summed E-state index contributed by atoms with van der Waals surface area (Å²) in [5.41, 5.74) is 5.41. The van der Waals surface area contributed by atoms with Crippen LogP contribution in [0.15, 0.2) is 0 Å². The fourth-order valence-corrected chi connectivity index (χ4v) is 3.32. The number of hydrogen-bond acceptors (Lipinski definition) is 2. The maximum atomic E-state index is 12.3. The number of nitrogens with zero attached hydrogens (tertiary/aromatic N) is 1. The molecule has 0 aromatic rings. The van der Waals surface area contributed by atoms with Crippen molar-refractivity contribution in [2.45, 2.75) is 51.0 Å². The van der Waals surface area contributed by atoms with Crippen molar-refractivity contribution in [2.75, 3.05) is 13.1 Å². The van der Waals surface area contributed by atoms with Gasteiger partial charge in [-0.2, -0.15) is 0 Å². The average molecular weight is 269 g/mol. The largest absolute Gasteiger partial charge is 0.391 e. The van der Waals surface area contributed by atoms with Gasteiger partial charge in [0.25, 0.3) is 0 Å². The first-order valence-corrected chi connectivity index (χ1v) is 7.31. The van der Waals surface area contributed by atoms with Gasteiger partial charge in [0.15, 0.2) is 0 Å². The van der Waals surface area contributed by atoms with E-state index in [-0.39, 0.29) is 6.03 Å². The van der Waals surface area contributed by atoms with E-state index < -0.39 is 5.54 Å². The van der Waals surface area contributed by atoms with Crippen LogP contribution in [0.2, 0.25) is 0 Å². The van der Waals surface area contributed by atoms with E-state index in [1.165, 1.54) is 6.42 Å². The molecule has 1 heterocycles. The van der Waals surface area contributed by atoms with E-state index in [1.807, 2.05) is 4.90 Å². The molecule has 1 unspecified atom stereocenters. The Kier molecular flexibility index (Phi) is 4.10. The topological polar surface area (TPSA) is 58.4 Å². The quantitative estimate of drug-likeness (QED) is 0.754. The predicted molar refractivity (Wildman–Crippen MR) is 76.5 cm³/mol. The van der Waals surface area contributed by atoms with E-state index >= 15 is 0 Å². The fraction of sp³-hybridized carbons (Fsp3) is 0.846. The van der Waals surface area contributed by atoms with E-state index in [0.29, 0.717) is 10.9 Å². The molecule has 1 aliphatic heterocycles. The molecule has 3 N–H and O–H groups in total. The van der Waals surface area contributed by atoms with Gasteiger partial charge in [0.1, 0.15) is 0 Å². The summed E-state index contributed by atoms with van der Waals surface area (Å²) in [6.07, 6.45) is 6.26. The molecule has 2 fully saturated rings. The number of rotatable bonds is 2. The Bertz CT molecular complexity index is 339. The van der Waals surface area contributed by atoms with Crippen molar-refractivity contribution in [1.29, 1.82) is 0 Å². The number of nitrogens with two attached hydrogens (primary N) is 1. The summed E-state index contributed by atoms with van der Waals surface area (Å²) in [4.78, 5) is 14.7. The zero-order chi connectivity index (χ0) is 13.2. The number of amides is 2. The first-order chi connectivity index (χ1) is 8.53. The van der Waals surface area contributed by atoms with Crippen LogP contribution in [0.1, 0.15) is 45.4 Å². The zero-order valence-corrected chi connectivity index (χ0v) is 11.9. The van der Waals surface area contributed by atoms with Gasteiger partial charge < -0.3 is 16.0 Å². The van der Waals surface area contributed by atoms with Crippen LogP contribution in [0.4, 0.5) is 4.79 Å². The highest BCUT2D eigenvalue weighted by atomic mass is 32.1. The van der Waals surface area contributed by atoms with Gasteiger partial charge in [-0.25, -0.2) is 4.79 Å². The van der Waals surface area contributed by atoms with Crippen molar-refractivity contribution in [3.63, 3.8) is 0 Å². The minimum atomic E-state index is -0.424. The molecule has 18 heavy (non-hydrogen) atoms. The van der Waals surface area contributed by atoms with Crippen LogP contribution in [0.5, 0.6) is 0 Å². The summed E-state index contributed by atoms with van der Waals surface area (Å²) in [7, 11) is 0. The highest BCUT2D eigenvalue weighted by Gasteiger charge is 2.39. The third-order valence-electron chi connectivity index (χ3n) is 4.22. The van der Waals surface area contributed by atoms with E-state index in [2.05, 4.69) is 12.2 Å². The maximum Gasteiger partial charge on any atom is 0.318 e. The Morgan fingerprint density at radius 1 is 1.39 bits per heavy atom. The number of carbonyl (C=O) groups is 1. The number of carbonyl (C=O) groups excluding carboxylic acids is 1. The summed E-state index contributed by atoms with van der Waals surface area (Å²) in [6, 6.07) is 0.0104. The molecule has 1 aliphatic carbocycles. The smallest absolute Gasteiger partial charge is 0.318 e. The van der Waals surface area contributed by atoms with Gasteiger partial charge in [-0.05, 0) is 31.6 Å². The zero-order valence-electron chi connectivity index (χ0n) is 11.1. The van der Waals surface area contributed by atoms with E-state index in [4.69, 9.17) is 18.0 Å². The Morgan fingerprint density at radius 3 is 2.61 bits per heavy atom. The summed E-state index contributed by atoms with van der Waals surface area (Å²) in [6.45, 7) is 3.89. The highest BCUT2D eigenvalue weighted by Crippen LogP contribution is 2.30. The van der Waals surface area contributed by atoms with Crippen LogP contribution >= 0.6 is 12.2 Å². The molecular formula is C13H23N3OS. The average Bonchev–Trinajstić information content (AvgIpc) is 2.79. The lowest BCUT2D eigenvalue weighted by molar-refractivity contribution is 0.163. The molecule has 4 nitrogen and oxygen atoms in total. The summed E-state index contributed by atoms with van der Waals surface area (Å²) in [5, 5.41) is 3.10. The van der Waals surface area contributed by atoms with Gasteiger partial charge in [0.2, 0.25) is 0 Å². The number of urea groups is 1. The van der Waals surface area contributed by atoms with Crippen molar-refractivity contribution in [1.82, 2.24) is 10.2 Å². The molecule has 2 rings (SSSR count). The van der Waals surface area contributed by atoms with E-state index in [1.54, 1.807) is 0 Å². The van der Waals surface area contributed by atoms with Crippen molar-refractivity contribution < 1.29 is 4.79 Å². The lowest BCUT2D eigenvalue weighted by Crippen LogP contribution is -2.59. The monoisotopic (exact) mass is 269 g/mol. The molecule has 0 bridgehead atoms. The van der Waals surface area contributed by atoms with Crippen LogP contribution in [0.25, 0.3) is 0 Å². The summed E-state index contributed by atoms with van der Waals surface area (Å²) < 4.78 is 0. The molecule has 102 valence electrons. The molecule has 0 aromatic carbocycles. The number of hydrogen-bond donors (Lipinski definition) is 2. The molecule has 2 aliphatic rings. The van der Waals surface area contributed by atoms with Gasteiger partial charge in [-0.3, -0.25) is 0 Å². The summed E-state index contributed by atoms with van der Waals surface area (Å²) >= 11 is 5.16. The first-order valence-electron chi connectivity index (χ1n) is 6.90. The Hall–Kier alpha value is -0.840. The number of nitrogens with one attached hydrogen (secondary N) is 1. The van der Waals surface area contributed by atoms with Crippen molar-refractivity contribution >= 4 is 23.2 Å². The Morgan fingerprint density at radius 2 is 2.06 bits per heavy atom. The number of thiocarbonyl (C=S) groups is 1. The number of likely N-dealkylation sites (tertiary alicyclic amines) is 1. The van der Waals surface area contributed by atoms with E-state index in [0.717, 1.165) is 45.2 Å². The second-order valence-electron chi connectivity index (χ2n) is 5.78. The second kappa shape index (κ2) is 5.43. The fourth-order valence-electron chi connectivity index (χ4n) is 3.07. The minimum absolute atomic E-state index is 0.0104. The highest BCUT2D eigenvalue weighted by molar-refractivity contribution is 7.80. The molecule has 1 atom stereocenters. The van der Waals surface area contributed by atoms with Gasteiger partial charge in [0, 0.05) is 13.1 Å². The van der Waals surface area contributed by atoms with E-state index in [9.17, 15) is 4.79 Å². The molecular weight excluding hydrogens is 246 g/mol. The van der Waals surface area contributed by atoms with Gasteiger partial charge in [-0.1, -0.05) is 32.0 Å². The Balaban J connectivity index is 1.99. The van der Waals surface area contributed by atoms with Gasteiger partial charge in [0.05, 0.1) is 10.5 Å². The predicted octanol–water partition coefficient (Wildman–Crippen LogP) is 2.03. The summed E-state index contributed by atoms with van der Waals surface area (Å²) in [5.74, 6) is 0.592. The third-order valence-corrected chi connectivity index (χ3v) is 4.61. The molecule has 1 saturated carbocycles. The van der Waals surface area contributed by atoms with Gasteiger partial charge in [-0.15, -0.1) is 0 Å². The number of piperidine rings is 1. The van der Waals surface area contributed by atoms with Gasteiger partial charge >= 0.3 is 6.03 Å². The lowest BCUT2D eigenvalue weighted by Gasteiger charge is -2.36. The minimum Gasteiger partial charge on any atom is -0.391 e. The molecule has 0 aromatic heterocycles. The van der Waals surface area contributed by atoms with Crippen molar-refractivity contribution in [3.8, 4) is 0 Å². The SMILES string of the molecule is CC1CCCN(C(=O)NC2(C(N)=S)CCCC2)C1.